The van der Waals surface area contributed by atoms with Crippen molar-refractivity contribution in [1.29, 1.82) is 0 Å². The van der Waals surface area contributed by atoms with E-state index in [1.54, 1.807) is 0 Å². The standard InChI is InChI=1S/C9H18O3/c1-4-7-9(11)8(10)5(2)6(3)12-7/h5-11H,4H2,1-3H3/t5-,6?,7?,8?,9?/m1/s1. The lowest BCUT2D eigenvalue weighted by Gasteiger charge is -2.40. The van der Waals surface area contributed by atoms with Gasteiger partial charge in [-0.25, -0.2) is 0 Å². The number of aliphatic hydroxyl groups is 2. The fourth-order valence-electron chi connectivity index (χ4n) is 1.63. The van der Waals surface area contributed by atoms with Crippen LogP contribution in [0.3, 0.4) is 0 Å². The Morgan fingerprint density at radius 1 is 1.17 bits per heavy atom. The number of aliphatic hydroxyl groups excluding tert-OH is 2. The molecule has 0 aromatic carbocycles. The highest BCUT2D eigenvalue weighted by Crippen LogP contribution is 2.26. The molecule has 1 rings (SSSR count). The van der Waals surface area contributed by atoms with Crippen LogP contribution in [0.4, 0.5) is 0 Å². The van der Waals surface area contributed by atoms with Crippen LogP contribution in [0.2, 0.25) is 0 Å². The van der Waals surface area contributed by atoms with Crippen molar-refractivity contribution in [1.82, 2.24) is 0 Å². The third-order valence-electron chi connectivity index (χ3n) is 2.80. The average molecular weight is 174 g/mol. The Hall–Kier alpha value is -0.120. The van der Waals surface area contributed by atoms with E-state index in [0.29, 0.717) is 0 Å². The smallest absolute Gasteiger partial charge is 0.106 e. The zero-order valence-corrected chi connectivity index (χ0v) is 7.90. The Morgan fingerprint density at radius 2 is 1.75 bits per heavy atom. The van der Waals surface area contributed by atoms with Crippen LogP contribution in [0.15, 0.2) is 0 Å². The van der Waals surface area contributed by atoms with E-state index in [1.165, 1.54) is 0 Å². The summed E-state index contributed by atoms with van der Waals surface area (Å²) < 4.78 is 5.52. The molecule has 72 valence electrons. The molecule has 0 amide bonds. The summed E-state index contributed by atoms with van der Waals surface area (Å²) in [7, 11) is 0. The molecule has 0 aliphatic carbocycles. The van der Waals surface area contributed by atoms with E-state index in [-0.39, 0.29) is 18.1 Å². The lowest BCUT2D eigenvalue weighted by atomic mass is 9.88. The van der Waals surface area contributed by atoms with Gasteiger partial charge in [0.25, 0.3) is 0 Å². The van der Waals surface area contributed by atoms with E-state index in [9.17, 15) is 10.2 Å². The molecule has 1 saturated heterocycles. The molecule has 12 heavy (non-hydrogen) atoms. The second-order valence-corrected chi connectivity index (χ2v) is 3.63. The minimum atomic E-state index is -0.721. The summed E-state index contributed by atoms with van der Waals surface area (Å²) in [5.74, 6) is 0.0165. The second-order valence-electron chi connectivity index (χ2n) is 3.63. The van der Waals surface area contributed by atoms with Gasteiger partial charge < -0.3 is 14.9 Å². The molecule has 0 radical (unpaired) electrons. The SMILES string of the molecule is CCC1OC(C)[C@@H](C)C(O)C1O. The van der Waals surface area contributed by atoms with Gasteiger partial charge in [-0.1, -0.05) is 13.8 Å². The maximum atomic E-state index is 9.59. The van der Waals surface area contributed by atoms with E-state index < -0.39 is 12.2 Å². The second kappa shape index (κ2) is 3.73. The Bertz CT molecular complexity index is 144. The summed E-state index contributed by atoms with van der Waals surface area (Å²) in [4.78, 5) is 0. The normalized spacial score (nSPS) is 49.2. The van der Waals surface area contributed by atoms with Gasteiger partial charge in [-0.15, -0.1) is 0 Å². The molecular weight excluding hydrogens is 156 g/mol. The van der Waals surface area contributed by atoms with Gasteiger partial charge in [0.2, 0.25) is 0 Å². The van der Waals surface area contributed by atoms with Crippen molar-refractivity contribution < 1.29 is 14.9 Å². The monoisotopic (exact) mass is 174 g/mol. The van der Waals surface area contributed by atoms with Gasteiger partial charge in [-0.3, -0.25) is 0 Å². The summed E-state index contributed by atoms with van der Waals surface area (Å²) in [6.07, 6.45) is -0.783. The molecule has 0 spiro atoms. The fourth-order valence-corrected chi connectivity index (χ4v) is 1.63. The molecule has 0 aromatic rings. The van der Waals surface area contributed by atoms with Crippen LogP contribution in [-0.2, 0) is 4.74 Å². The molecule has 1 aliphatic rings. The zero-order valence-electron chi connectivity index (χ0n) is 7.90. The van der Waals surface area contributed by atoms with Gasteiger partial charge in [0.15, 0.2) is 0 Å². The first-order chi connectivity index (χ1) is 5.57. The highest BCUT2D eigenvalue weighted by atomic mass is 16.5. The average Bonchev–Trinajstić information content (AvgIpc) is 2.08. The Labute approximate surface area is 73.4 Å². The predicted molar refractivity (Wildman–Crippen MR) is 45.8 cm³/mol. The molecule has 3 heteroatoms. The van der Waals surface area contributed by atoms with Crippen LogP contribution in [0.1, 0.15) is 27.2 Å². The van der Waals surface area contributed by atoms with E-state index in [1.807, 2.05) is 20.8 Å². The first kappa shape index (κ1) is 9.96. The van der Waals surface area contributed by atoms with Crippen LogP contribution in [0.25, 0.3) is 0 Å². The van der Waals surface area contributed by atoms with Gasteiger partial charge in [0.1, 0.15) is 6.10 Å². The van der Waals surface area contributed by atoms with Crippen molar-refractivity contribution in [3.05, 3.63) is 0 Å². The summed E-state index contributed by atoms with van der Waals surface area (Å²) in [6.45, 7) is 5.77. The molecular formula is C9H18O3. The van der Waals surface area contributed by atoms with Gasteiger partial charge in [-0.2, -0.15) is 0 Å². The molecule has 0 aromatic heterocycles. The molecule has 0 saturated carbocycles. The first-order valence-corrected chi connectivity index (χ1v) is 4.59. The number of rotatable bonds is 1. The highest BCUT2D eigenvalue weighted by molar-refractivity contribution is 4.87. The molecule has 1 heterocycles. The third kappa shape index (κ3) is 1.63. The highest BCUT2D eigenvalue weighted by Gasteiger charge is 2.38. The fraction of sp³-hybridized carbons (Fsp3) is 1.00. The third-order valence-corrected chi connectivity index (χ3v) is 2.80. The topological polar surface area (TPSA) is 49.7 Å². The van der Waals surface area contributed by atoms with Crippen LogP contribution in [0, 0.1) is 5.92 Å². The Kier molecular flexibility index (Phi) is 3.09. The van der Waals surface area contributed by atoms with Crippen LogP contribution < -0.4 is 0 Å². The molecule has 3 nitrogen and oxygen atoms in total. The number of hydrogen-bond donors (Lipinski definition) is 2. The predicted octanol–water partition coefficient (Wildman–Crippen LogP) is 0.542. The lowest BCUT2D eigenvalue weighted by molar-refractivity contribution is -0.191. The Balaban J connectivity index is 2.63. The van der Waals surface area contributed by atoms with Gasteiger partial charge in [-0.05, 0) is 13.3 Å². The molecule has 2 N–H and O–H groups in total. The van der Waals surface area contributed by atoms with Crippen molar-refractivity contribution >= 4 is 0 Å². The van der Waals surface area contributed by atoms with Crippen molar-refractivity contribution in [3.8, 4) is 0 Å². The molecule has 1 fully saturated rings. The summed E-state index contributed by atoms with van der Waals surface area (Å²) in [5.41, 5.74) is 0. The van der Waals surface area contributed by atoms with Crippen LogP contribution >= 0.6 is 0 Å². The van der Waals surface area contributed by atoms with Gasteiger partial charge in [0, 0.05) is 5.92 Å². The van der Waals surface area contributed by atoms with Gasteiger partial charge >= 0.3 is 0 Å². The van der Waals surface area contributed by atoms with Crippen molar-refractivity contribution in [3.63, 3.8) is 0 Å². The molecule has 1 aliphatic heterocycles. The quantitative estimate of drug-likeness (QED) is 0.610. The van der Waals surface area contributed by atoms with E-state index in [0.717, 1.165) is 6.42 Å². The maximum Gasteiger partial charge on any atom is 0.106 e. The minimum absolute atomic E-state index is 0.0165. The van der Waals surface area contributed by atoms with Crippen LogP contribution in [0.5, 0.6) is 0 Å². The number of hydrogen-bond acceptors (Lipinski definition) is 3. The minimum Gasteiger partial charge on any atom is -0.390 e. The molecule has 5 atom stereocenters. The zero-order chi connectivity index (χ0) is 9.30. The number of ether oxygens (including phenoxy) is 1. The summed E-state index contributed by atoms with van der Waals surface area (Å²) >= 11 is 0. The van der Waals surface area contributed by atoms with Crippen molar-refractivity contribution in [2.45, 2.75) is 51.6 Å². The van der Waals surface area contributed by atoms with E-state index >= 15 is 0 Å². The van der Waals surface area contributed by atoms with Gasteiger partial charge in [0.05, 0.1) is 18.3 Å². The van der Waals surface area contributed by atoms with Crippen molar-refractivity contribution in [2.75, 3.05) is 0 Å². The van der Waals surface area contributed by atoms with E-state index in [2.05, 4.69) is 0 Å². The Morgan fingerprint density at radius 3 is 2.25 bits per heavy atom. The summed E-state index contributed by atoms with van der Waals surface area (Å²) in [6, 6.07) is 0. The summed E-state index contributed by atoms with van der Waals surface area (Å²) in [5, 5.41) is 19.1. The largest absolute Gasteiger partial charge is 0.390 e. The molecule has 4 unspecified atom stereocenters. The maximum absolute atomic E-state index is 9.59. The lowest BCUT2D eigenvalue weighted by Crippen LogP contribution is -2.52. The van der Waals surface area contributed by atoms with E-state index in [4.69, 9.17) is 4.74 Å². The van der Waals surface area contributed by atoms with Crippen molar-refractivity contribution in [2.24, 2.45) is 5.92 Å². The molecule has 0 bridgehead atoms. The van der Waals surface area contributed by atoms with Crippen LogP contribution in [-0.4, -0.2) is 34.6 Å². The first-order valence-electron chi connectivity index (χ1n) is 4.59.